The molecule has 2 N–H and O–H groups in total. The second-order valence-electron chi connectivity index (χ2n) is 3.18. The topological polar surface area (TPSA) is 49.3 Å². The Morgan fingerprint density at radius 1 is 1.43 bits per heavy atom. The van der Waals surface area contributed by atoms with Crippen molar-refractivity contribution in [1.82, 2.24) is 5.32 Å². The fourth-order valence-electron chi connectivity index (χ4n) is 1.43. The lowest BCUT2D eigenvalue weighted by Crippen LogP contribution is -2.33. The summed E-state index contributed by atoms with van der Waals surface area (Å²) in [6.07, 6.45) is 0. The first-order valence-corrected chi connectivity index (χ1v) is 5.47. The van der Waals surface area contributed by atoms with Crippen LogP contribution < -0.4 is 5.32 Å². The molecule has 1 aromatic carbocycles. The highest BCUT2D eigenvalue weighted by molar-refractivity contribution is 7.99. The van der Waals surface area contributed by atoms with E-state index in [4.69, 9.17) is 5.11 Å². The Morgan fingerprint density at radius 3 is 2.71 bits per heavy atom. The van der Waals surface area contributed by atoms with Crippen molar-refractivity contribution in [2.75, 3.05) is 5.75 Å². The summed E-state index contributed by atoms with van der Waals surface area (Å²) >= 11 is 1.64. The minimum atomic E-state index is -0.768. The third-order valence-corrected chi connectivity index (χ3v) is 3.45. The first-order chi connectivity index (χ1) is 6.77. The minimum Gasteiger partial charge on any atom is -0.480 e. The predicted molar refractivity (Wildman–Crippen MR) is 56.2 cm³/mol. The van der Waals surface area contributed by atoms with E-state index in [1.807, 2.05) is 30.3 Å². The van der Waals surface area contributed by atoms with Gasteiger partial charge in [-0.2, -0.15) is 0 Å². The van der Waals surface area contributed by atoms with Gasteiger partial charge in [0.15, 0.2) is 0 Å². The quantitative estimate of drug-likeness (QED) is 0.774. The van der Waals surface area contributed by atoms with Crippen molar-refractivity contribution >= 4 is 17.7 Å². The summed E-state index contributed by atoms with van der Waals surface area (Å²) in [5.74, 6) is -0.134. The SMILES string of the molecule is O=C(O)[C@H]1CS[C@@H](c2ccccc2)N1. The zero-order valence-electron chi connectivity index (χ0n) is 7.51. The zero-order chi connectivity index (χ0) is 9.97. The summed E-state index contributed by atoms with van der Waals surface area (Å²) < 4.78 is 0. The summed E-state index contributed by atoms with van der Waals surface area (Å²) in [6.45, 7) is 0. The molecule has 0 spiro atoms. The maximum absolute atomic E-state index is 10.7. The van der Waals surface area contributed by atoms with Gasteiger partial charge in [-0.15, -0.1) is 11.8 Å². The number of aliphatic carboxylic acids is 1. The highest BCUT2D eigenvalue weighted by Gasteiger charge is 2.29. The molecule has 3 nitrogen and oxygen atoms in total. The lowest BCUT2D eigenvalue weighted by atomic mass is 10.2. The molecule has 1 aliphatic heterocycles. The van der Waals surface area contributed by atoms with Crippen LogP contribution in [0.3, 0.4) is 0 Å². The summed E-state index contributed by atoms with van der Waals surface area (Å²) in [6, 6.07) is 9.49. The average molecular weight is 209 g/mol. The van der Waals surface area contributed by atoms with Gasteiger partial charge in [0.1, 0.15) is 6.04 Å². The molecule has 14 heavy (non-hydrogen) atoms. The molecule has 1 aromatic rings. The second kappa shape index (κ2) is 4.02. The Kier molecular flexibility index (Phi) is 2.74. The predicted octanol–water partition coefficient (Wildman–Crippen LogP) is 1.47. The number of carbonyl (C=O) groups is 1. The number of carboxylic acid groups (broad SMARTS) is 1. The number of hydrogen-bond acceptors (Lipinski definition) is 3. The van der Waals surface area contributed by atoms with Gasteiger partial charge in [0.2, 0.25) is 0 Å². The molecule has 1 aliphatic rings. The largest absolute Gasteiger partial charge is 0.480 e. The van der Waals surface area contributed by atoms with E-state index >= 15 is 0 Å². The Hall–Kier alpha value is -1.00. The lowest BCUT2D eigenvalue weighted by Gasteiger charge is -2.10. The van der Waals surface area contributed by atoms with E-state index in [0.717, 1.165) is 5.56 Å². The van der Waals surface area contributed by atoms with Crippen LogP contribution in [-0.2, 0) is 4.79 Å². The maximum atomic E-state index is 10.7. The monoisotopic (exact) mass is 209 g/mol. The van der Waals surface area contributed by atoms with Crippen LogP contribution in [0.25, 0.3) is 0 Å². The van der Waals surface area contributed by atoms with E-state index in [0.29, 0.717) is 5.75 Å². The van der Waals surface area contributed by atoms with Crippen LogP contribution in [0.4, 0.5) is 0 Å². The van der Waals surface area contributed by atoms with Gasteiger partial charge in [-0.25, -0.2) is 0 Å². The van der Waals surface area contributed by atoms with Crippen LogP contribution in [0.15, 0.2) is 30.3 Å². The number of nitrogens with one attached hydrogen (secondary N) is 1. The fourth-order valence-corrected chi connectivity index (χ4v) is 2.67. The van der Waals surface area contributed by atoms with E-state index in [2.05, 4.69) is 5.32 Å². The molecule has 0 radical (unpaired) electrons. The molecule has 0 aliphatic carbocycles. The molecular weight excluding hydrogens is 198 g/mol. The van der Waals surface area contributed by atoms with Crippen molar-refractivity contribution in [3.63, 3.8) is 0 Å². The highest BCUT2D eigenvalue weighted by Crippen LogP contribution is 2.32. The molecule has 2 atom stereocenters. The molecule has 74 valence electrons. The molecule has 4 heteroatoms. The van der Waals surface area contributed by atoms with Crippen LogP contribution in [0, 0.1) is 0 Å². The van der Waals surface area contributed by atoms with Crippen LogP contribution in [0.1, 0.15) is 10.9 Å². The van der Waals surface area contributed by atoms with Crippen molar-refractivity contribution in [3.8, 4) is 0 Å². The Bertz CT molecular complexity index is 328. The van der Waals surface area contributed by atoms with Crippen LogP contribution in [-0.4, -0.2) is 22.9 Å². The lowest BCUT2D eigenvalue weighted by molar-refractivity contribution is -0.138. The van der Waals surface area contributed by atoms with Gasteiger partial charge in [0.25, 0.3) is 0 Å². The third-order valence-electron chi connectivity index (χ3n) is 2.18. The minimum absolute atomic E-state index is 0.123. The van der Waals surface area contributed by atoms with E-state index < -0.39 is 12.0 Å². The third kappa shape index (κ3) is 1.91. The Balaban J connectivity index is 2.06. The van der Waals surface area contributed by atoms with Crippen LogP contribution in [0.2, 0.25) is 0 Å². The number of rotatable bonds is 2. The van der Waals surface area contributed by atoms with Gasteiger partial charge in [-0.1, -0.05) is 30.3 Å². The molecular formula is C10H11NO2S. The van der Waals surface area contributed by atoms with Crippen molar-refractivity contribution < 1.29 is 9.90 Å². The molecule has 1 heterocycles. The summed E-state index contributed by atoms with van der Waals surface area (Å²) in [4.78, 5) is 10.7. The molecule has 0 saturated carbocycles. The van der Waals surface area contributed by atoms with E-state index in [9.17, 15) is 4.79 Å². The maximum Gasteiger partial charge on any atom is 0.321 e. The first kappa shape index (κ1) is 9.55. The fraction of sp³-hybridized carbons (Fsp3) is 0.300. The van der Waals surface area contributed by atoms with E-state index in [-0.39, 0.29) is 5.37 Å². The van der Waals surface area contributed by atoms with Crippen molar-refractivity contribution in [2.24, 2.45) is 0 Å². The molecule has 0 bridgehead atoms. The van der Waals surface area contributed by atoms with Crippen molar-refractivity contribution in [1.29, 1.82) is 0 Å². The summed E-state index contributed by atoms with van der Waals surface area (Å²) in [7, 11) is 0. The number of carboxylic acids is 1. The van der Waals surface area contributed by atoms with Crippen LogP contribution in [0.5, 0.6) is 0 Å². The molecule has 0 amide bonds. The highest BCUT2D eigenvalue weighted by atomic mass is 32.2. The number of benzene rings is 1. The molecule has 2 rings (SSSR count). The van der Waals surface area contributed by atoms with E-state index in [1.165, 1.54) is 0 Å². The van der Waals surface area contributed by atoms with Gasteiger partial charge in [0.05, 0.1) is 5.37 Å². The van der Waals surface area contributed by atoms with E-state index in [1.54, 1.807) is 11.8 Å². The second-order valence-corrected chi connectivity index (χ2v) is 4.32. The summed E-state index contributed by atoms with van der Waals surface area (Å²) in [5.41, 5.74) is 1.14. The molecule has 1 fully saturated rings. The van der Waals surface area contributed by atoms with Gasteiger partial charge >= 0.3 is 5.97 Å². The van der Waals surface area contributed by atoms with Gasteiger partial charge in [-0.3, -0.25) is 10.1 Å². The van der Waals surface area contributed by atoms with Crippen LogP contribution >= 0.6 is 11.8 Å². The Labute approximate surface area is 86.5 Å². The standard InChI is InChI=1S/C10H11NO2S/c12-10(13)8-6-14-9(11-8)7-4-2-1-3-5-7/h1-5,8-9,11H,6H2,(H,12,13)/t8-,9+/m1/s1. The van der Waals surface area contributed by atoms with Crippen molar-refractivity contribution in [2.45, 2.75) is 11.4 Å². The van der Waals surface area contributed by atoms with Gasteiger partial charge in [0, 0.05) is 5.75 Å². The van der Waals surface area contributed by atoms with Gasteiger partial charge < -0.3 is 5.11 Å². The average Bonchev–Trinajstić information content (AvgIpc) is 2.68. The number of hydrogen-bond donors (Lipinski definition) is 2. The Morgan fingerprint density at radius 2 is 2.14 bits per heavy atom. The molecule has 0 unspecified atom stereocenters. The first-order valence-electron chi connectivity index (χ1n) is 4.43. The number of thioether (sulfide) groups is 1. The van der Waals surface area contributed by atoms with Gasteiger partial charge in [-0.05, 0) is 5.56 Å². The normalized spacial score (nSPS) is 26.3. The summed E-state index contributed by atoms with van der Waals surface area (Å²) in [5, 5.41) is 12.0. The molecule has 1 saturated heterocycles. The molecule has 0 aromatic heterocycles. The smallest absolute Gasteiger partial charge is 0.321 e. The zero-order valence-corrected chi connectivity index (χ0v) is 8.33. The van der Waals surface area contributed by atoms with Crippen molar-refractivity contribution in [3.05, 3.63) is 35.9 Å².